The summed E-state index contributed by atoms with van der Waals surface area (Å²) in [6.07, 6.45) is 9.79. The number of hydrogen-bond acceptors (Lipinski definition) is 1. The molecule has 0 unspecified atom stereocenters. The van der Waals surface area contributed by atoms with Crippen LogP contribution in [0, 0.1) is 6.92 Å². The maximum absolute atomic E-state index is 4.21. The number of nitrogens with zero attached hydrogens (tertiary/aromatic N) is 1. The Morgan fingerprint density at radius 3 is 2.60 bits per heavy atom. The molecular formula is C18H18N2. The molecule has 1 aliphatic carbocycles. The highest BCUT2D eigenvalue weighted by atomic mass is 14.7. The topological polar surface area (TPSA) is 28.7 Å². The van der Waals surface area contributed by atoms with Crippen molar-refractivity contribution >= 4 is 10.9 Å². The van der Waals surface area contributed by atoms with E-state index in [1.807, 2.05) is 12.4 Å². The summed E-state index contributed by atoms with van der Waals surface area (Å²) in [7, 11) is 0. The number of nitrogens with one attached hydrogen (secondary N) is 1. The first-order valence-electron chi connectivity index (χ1n) is 7.28. The van der Waals surface area contributed by atoms with Gasteiger partial charge in [-0.15, -0.1) is 0 Å². The quantitative estimate of drug-likeness (QED) is 0.731. The Labute approximate surface area is 118 Å². The van der Waals surface area contributed by atoms with E-state index in [2.05, 4.69) is 53.4 Å². The zero-order valence-corrected chi connectivity index (χ0v) is 11.7. The molecule has 2 aromatic heterocycles. The summed E-state index contributed by atoms with van der Waals surface area (Å²) < 4.78 is 0. The highest BCUT2D eigenvalue weighted by Crippen LogP contribution is 2.50. The van der Waals surface area contributed by atoms with Crippen LogP contribution in [0.1, 0.15) is 36.0 Å². The van der Waals surface area contributed by atoms with Crippen LogP contribution in [0.25, 0.3) is 10.9 Å². The second-order valence-corrected chi connectivity index (χ2v) is 5.93. The molecule has 2 nitrogen and oxygen atoms in total. The molecule has 1 N–H and O–H groups in total. The molecule has 20 heavy (non-hydrogen) atoms. The molecular weight excluding hydrogens is 244 g/mol. The van der Waals surface area contributed by atoms with E-state index >= 15 is 0 Å². The van der Waals surface area contributed by atoms with Crippen molar-refractivity contribution in [1.29, 1.82) is 0 Å². The van der Waals surface area contributed by atoms with Crippen LogP contribution in [0.3, 0.4) is 0 Å². The van der Waals surface area contributed by atoms with Gasteiger partial charge in [0.15, 0.2) is 0 Å². The van der Waals surface area contributed by atoms with Gasteiger partial charge in [0, 0.05) is 23.2 Å². The SMILES string of the molecule is Cc1ccc(C2(c3c[nH]c4cnccc34)CCC2)cc1. The molecule has 1 aliphatic rings. The number of benzene rings is 1. The summed E-state index contributed by atoms with van der Waals surface area (Å²) in [6, 6.07) is 11.2. The van der Waals surface area contributed by atoms with Gasteiger partial charge in [-0.1, -0.05) is 36.2 Å². The van der Waals surface area contributed by atoms with E-state index in [4.69, 9.17) is 0 Å². The molecule has 0 amide bonds. The van der Waals surface area contributed by atoms with E-state index in [0.717, 1.165) is 5.52 Å². The smallest absolute Gasteiger partial charge is 0.0643 e. The van der Waals surface area contributed by atoms with E-state index in [9.17, 15) is 0 Å². The number of pyridine rings is 1. The van der Waals surface area contributed by atoms with Crippen LogP contribution in [0.15, 0.2) is 48.9 Å². The maximum Gasteiger partial charge on any atom is 0.0643 e. The predicted octanol–water partition coefficient (Wildman–Crippen LogP) is 4.34. The number of aromatic nitrogens is 2. The lowest BCUT2D eigenvalue weighted by molar-refractivity contribution is 0.304. The molecule has 2 heterocycles. The van der Waals surface area contributed by atoms with Gasteiger partial charge in [0.2, 0.25) is 0 Å². The number of aromatic amines is 1. The van der Waals surface area contributed by atoms with E-state index in [1.165, 1.54) is 41.3 Å². The molecule has 0 bridgehead atoms. The van der Waals surface area contributed by atoms with Crippen LogP contribution < -0.4 is 0 Å². The molecule has 1 aromatic carbocycles. The highest BCUT2D eigenvalue weighted by Gasteiger charge is 2.41. The average molecular weight is 262 g/mol. The number of aryl methyl sites for hydroxylation is 1. The Bertz CT molecular complexity index is 748. The molecule has 0 radical (unpaired) electrons. The number of rotatable bonds is 2. The zero-order valence-electron chi connectivity index (χ0n) is 11.7. The van der Waals surface area contributed by atoms with Crippen molar-refractivity contribution in [2.24, 2.45) is 0 Å². The van der Waals surface area contributed by atoms with Crippen molar-refractivity contribution in [2.45, 2.75) is 31.6 Å². The van der Waals surface area contributed by atoms with Crippen molar-refractivity contribution in [1.82, 2.24) is 9.97 Å². The standard InChI is InChI=1S/C18H18N2/c1-13-3-5-14(6-4-13)18(8-2-9-18)16-11-20-17-12-19-10-7-15(16)17/h3-7,10-12,20H,2,8-9H2,1H3. The highest BCUT2D eigenvalue weighted by molar-refractivity contribution is 5.84. The Kier molecular flexibility index (Phi) is 2.46. The summed E-state index contributed by atoms with van der Waals surface area (Å²) in [5, 5.41) is 1.32. The number of hydrogen-bond donors (Lipinski definition) is 1. The zero-order chi connectivity index (χ0) is 13.6. The summed E-state index contributed by atoms with van der Waals surface area (Å²) in [5.41, 5.74) is 5.55. The van der Waals surface area contributed by atoms with Gasteiger partial charge >= 0.3 is 0 Å². The van der Waals surface area contributed by atoms with Crippen LogP contribution >= 0.6 is 0 Å². The number of fused-ring (bicyclic) bond motifs is 1. The first kappa shape index (κ1) is 11.7. The van der Waals surface area contributed by atoms with Crippen LogP contribution in [0.2, 0.25) is 0 Å². The molecule has 1 fully saturated rings. The minimum absolute atomic E-state index is 0.202. The normalized spacial score (nSPS) is 17.1. The average Bonchev–Trinajstić information content (AvgIpc) is 2.84. The van der Waals surface area contributed by atoms with Gasteiger partial charge in [-0.05, 0) is 37.0 Å². The monoisotopic (exact) mass is 262 g/mol. The van der Waals surface area contributed by atoms with Gasteiger partial charge in [0.1, 0.15) is 0 Å². The van der Waals surface area contributed by atoms with Crippen molar-refractivity contribution in [3.05, 3.63) is 65.6 Å². The molecule has 1 saturated carbocycles. The lowest BCUT2D eigenvalue weighted by atomic mass is 9.60. The van der Waals surface area contributed by atoms with Crippen LogP contribution in [0.4, 0.5) is 0 Å². The van der Waals surface area contributed by atoms with E-state index in [-0.39, 0.29) is 5.41 Å². The van der Waals surface area contributed by atoms with Gasteiger partial charge in [0.05, 0.1) is 11.7 Å². The number of H-pyrrole nitrogens is 1. The van der Waals surface area contributed by atoms with Crippen LogP contribution in [0.5, 0.6) is 0 Å². The summed E-state index contributed by atoms with van der Waals surface area (Å²) in [5.74, 6) is 0. The third-order valence-corrected chi connectivity index (χ3v) is 4.81. The molecule has 0 aliphatic heterocycles. The van der Waals surface area contributed by atoms with Gasteiger partial charge in [-0.2, -0.15) is 0 Å². The minimum atomic E-state index is 0.202. The fraction of sp³-hybridized carbons (Fsp3) is 0.278. The third kappa shape index (κ3) is 1.54. The first-order valence-corrected chi connectivity index (χ1v) is 7.28. The fourth-order valence-corrected chi connectivity index (χ4v) is 3.48. The molecule has 0 saturated heterocycles. The Balaban J connectivity index is 1.91. The summed E-state index contributed by atoms with van der Waals surface area (Å²) in [4.78, 5) is 7.59. The molecule has 4 rings (SSSR count). The second kappa shape index (κ2) is 4.20. The van der Waals surface area contributed by atoms with Crippen LogP contribution in [-0.4, -0.2) is 9.97 Å². The Hall–Kier alpha value is -2.09. The van der Waals surface area contributed by atoms with Crippen LogP contribution in [-0.2, 0) is 5.41 Å². The van der Waals surface area contributed by atoms with Gasteiger partial charge in [-0.25, -0.2) is 0 Å². The molecule has 100 valence electrons. The van der Waals surface area contributed by atoms with Crippen molar-refractivity contribution in [3.63, 3.8) is 0 Å². The lowest BCUT2D eigenvalue weighted by Gasteiger charge is -2.42. The molecule has 0 atom stereocenters. The van der Waals surface area contributed by atoms with Gasteiger partial charge < -0.3 is 4.98 Å². The molecule has 2 heteroatoms. The van der Waals surface area contributed by atoms with Gasteiger partial charge in [0.25, 0.3) is 0 Å². The van der Waals surface area contributed by atoms with Crippen molar-refractivity contribution < 1.29 is 0 Å². The largest absolute Gasteiger partial charge is 0.360 e. The lowest BCUT2D eigenvalue weighted by Crippen LogP contribution is -2.35. The first-order chi connectivity index (χ1) is 9.79. The van der Waals surface area contributed by atoms with E-state index < -0.39 is 0 Å². The van der Waals surface area contributed by atoms with E-state index in [0.29, 0.717) is 0 Å². The molecule has 3 aromatic rings. The Morgan fingerprint density at radius 1 is 1.10 bits per heavy atom. The molecule has 0 spiro atoms. The minimum Gasteiger partial charge on any atom is -0.360 e. The van der Waals surface area contributed by atoms with E-state index in [1.54, 1.807) is 0 Å². The summed E-state index contributed by atoms with van der Waals surface area (Å²) >= 11 is 0. The maximum atomic E-state index is 4.21. The summed E-state index contributed by atoms with van der Waals surface area (Å²) in [6.45, 7) is 2.15. The fourth-order valence-electron chi connectivity index (χ4n) is 3.48. The van der Waals surface area contributed by atoms with Gasteiger partial charge in [-0.3, -0.25) is 4.98 Å². The van der Waals surface area contributed by atoms with Crippen molar-refractivity contribution in [3.8, 4) is 0 Å². The Morgan fingerprint density at radius 2 is 1.90 bits per heavy atom. The van der Waals surface area contributed by atoms with Crippen molar-refractivity contribution in [2.75, 3.05) is 0 Å². The predicted molar refractivity (Wildman–Crippen MR) is 81.9 cm³/mol. The second-order valence-electron chi connectivity index (χ2n) is 5.93. The third-order valence-electron chi connectivity index (χ3n) is 4.81.